The zero-order chi connectivity index (χ0) is 19.1. The summed E-state index contributed by atoms with van der Waals surface area (Å²) < 4.78 is 32.1. The Hall–Kier alpha value is -1.43. The fourth-order valence-corrected chi connectivity index (χ4v) is 4.66. The second-order valence-corrected chi connectivity index (χ2v) is 8.72. The van der Waals surface area contributed by atoms with Gasteiger partial charge < -0.3 is 30.1 Å². The van der Waals surface area contributed by atoms with E-state index in [1.165, 1.54) is 12.7 Å². The summed E-state index contributed by atoms with van der Waals surface area (Å²) in [6, 6.07) is -0.427. The third-order valence-electron chi connectivity index (χ3n) is 4.02. The molecule has 0 amide bonds. The Bertz CT molecular complexity index is 900. The molecule has 3 rings (SSSR count). The van der Waals surface area contributed by atoms with Crippen LogP contribution >= 0.6 is 15.6 Å². The molecule has 1 fully saturated rings. The summed E-state index contributed by atoms with van der Waals surface area (Å²) in [5, 5.41) is 10.3. The van der Waals surface area contributed by atoms with Crippen LogP contribution in [0.1, 0.15) is 18.9 Å². The van der Waals surface area contributed by atoms with Crippen molar-refractivity contribution in [3.05, 3.63) is 12.7 Å². The Labute approximate surface area is 146 Å². The van der Waals surface area contributed by atoms with Crippen molar-refractivity contribution >= 4 is 32.6 Å². The lowest BCUT2D eigenvalue weighted by Gasteiger charge is -2.17. The van der Waals surface area contributed by atoms with E-state index in [-0.39, 0.29) is 24.8 Å². The van der Waals surface area contributed by atoms with Crippen molar-refractivity contribution in [2.45, 2.75) is 25.0 Å². The smallest absolute Gasteiger partial charge is 0.391 e. The summed E-state index contributed by atoms with van der Waals surface area (Å²) in [6.07, 6.45) is 2.53. The minimum absolute atomic E-state index is 0.205. The van der Waals surface area contributed by atoms with Gasteiger partial charge in [0.1, 0.15) is 11.8 Å². The van der Waals surface area contributed by atoms with Crippen LogP contribution in [0, 0.1) is 5.92 Å². The van der Waals surface area contributed by atoms with E-state index in [1.807, 2.05) is 0 Å². The van der Waals surface area contributed by atoms with Crippen LogP contribution in [0.2, 0.25) is 0 Å². The highest BCUT2D eigenvalue weighted by molar-refractivity contribution is 7.60. The molecule has 144 valence electrons. The first-order valence-corrected chi connectivity index (χ1v) is 10.4. The number of nitrogen functional groups attached to an aromatic ring is 1. The monoisotopic (exact) mass is 409 g/mol. The van der Waals surface area contributed by atoms with Gasteiger partial charge >= 0.3 is 15.6 Å². The molecular weight excluding hydrogens is 392 g/mol. The molecule has 1 aliphatic carbocycles. The molecule has 0 spiro atoms. The molecule has 0 radical (unpaired) electrons. The van der Waals surface area contributed by atoms with Crippen LogP contribution in [-0.2, 0) is 18.0 Å². The predicted octanol–water partition coefficient (Wildman–Crippen LogP) is -0.0532. The summed E-state index contributed by atoms with van der Waals surface area (Å²) in [4.78, 5) is 38.5. The molecule has 4 atom stereocenters. The number of aliphatic hydroxyl groups excluding tert-OH is 1. The molecular formula is C11H17N5O8P2. The lowest BCUT2D eigenvalue weighted by Crippen LogP contribution is -2.17. The van der Waals surface area contributed by atoms with Gasteiger partial charge in [-0.15, -0.1) is 0 Å². The van der Waals surface area contributed by atoms with Crippen LogP contribution in [0.3, 0.4) is 0 Å². The largest absolute Gasteiger partial charge is 0.481 e. The molecule has 2 heterocycles. The first-order valence-electron chi connectivity index (χ1n) is 7.41. The van der Waals surface area contributed by atoms with Crippen molar-refractivity contribution in [1.29, 1.82) is 0 Å². The molecule has 0 aromatic carbocycles. The summed E-state index contributed by atoms with van der Waals surface area (Å²) in [5.74, 6) is -0.149. The third-order valence-corrected chi connectivity index (χ3v) is 6.17. The van der Waals surface area contributed by atoms with Crippen LogP contribution in [0.15, 0.2) is 12.7 Å². The maximum atomic E-state index is 11.5. The van der Waals surface area contributed by atoms with E-state index < -0.39 is 27.8 Å². The Balaban J connectivity index is 1.69. The van der Waals surface area contributed by atoms with E-state index in [1.54, 1.807) is 4.57 Å². The van der Waals surface area contributed by atoms with Gasteiger partial charge in [0, 0.05) is 0 Å². The zero-order valence-corrected chi connectivity index (χ0v) is 15.0. The molecule has 26 heavy (non-hydrogen) atoms. The van der Waals surface area contributed by atoms with Crippen LogP contribution in [0.25, 0.3) is 11.2 Å². The van der Waals surface area contributed by atoms with Crippen molar-refractivity contribution in [2.75, 3.05) is 12.3 Å². The average Bonchev–Trinajstić information content (AvgIpc) is 3.07. The Morgan fingerprint density at radius 2 is 1.96 bits per heavy atom. The minimum Gasteiger partial charge on any atom is -0.391 e. The van der Waals surface area contributed by atoms with Crippen LogP contribution in [0.4, 0.5) is 5.82 Å². The van der Waals surface area contributed by atoms with Gasteiger partial charge in [0.2, 0.25) is 0 Å². The van der Waals surface area contributed by atoms with Crippen LogP contribution < -0.4 is 5.73 Å². The molecule has 1 unspecified atom stereocenters. The summed E-state index contributed by atoms with van der Waals surface area (Å²) in [5.41, 5.74) is 6.57. The Morgan fingerprint density at radius 3 is 2.65 bits per heavy atom. The van der Waals surface area contributed by atoms with Gasteiger partial charge in [-0.3, -0.25) is 4.52 Å². The molecule has 0 aliphatic heterocycles. The third kappa shape index (κ3) is 4.27. The summed E-state index contributed by atoms with van der Waals surface area (Å²) in [7, 11) is -10.1. The Kier molecular flexibility index (Phi) is 5.17. The normalized spacial score (nSPS) is 26.2. The van der Waals surface area contributed by atoms with Gasteiger partial charge in [-0.25, -0.2) is 24.1 Å². The number of imidazole rings is 1. The number of anilines is 1. The number of rotatable bonds is 6. The summed E-state index contributed by atoms with van der Waals surface area (Å²) >= 11 is 0. The number of fused-ring (bicyclic) bond motifs is 1. The number of phosphoric ester groups is 1. The fraction of sp³-hybridized carbons (Fsp3) is 0.545. The van der Waals surface area contributed by atoms with E-state index in [4.69, 9.17) is 15.5 Å². The first-order chi connectivity index (χ1) is 12.1. The number of aromatic nitrogens is 4. The number of nitrogens with two attached hydrogens (primary N) is 1. The van der Waals surface area contributed by atoms with Gasteiger partial charge in [0.15, 0.2) is 11.5 Å². The van der Waals surface area contributed by atoms with Crippen LogP contribution in [-0.4, -0.2) is 52.0 Å². The Morgan fingerprint density at radius 1 is 1.23 bits per heavy atom. The highest BCUT2D eigenvalue weighted by Crippen LogP contribution is 2.58. The van der Waals surface area contributed by atoms with Gasteiger partial charge in [-0.05, 0) is 18.8 Å². The molecule has 15 heteroatoms. The SMILES string of the molecule is Nc1ncnc2c1ncn2[C@@H]1C[C@H](COP(=O)(O)OP(=O)(O)O)C[C@H]1O. The predicted molar refractivity (Wildman–Crippen MR) is 86.4 cm³/mol. The average molecular weight is 409 g/mol. The van der Waals surface area contributed by atoms with E-state index in [9.17, 15) is 19.1 Å². The van der Waals surface area contributed by atoms with Crippen molar-refractivity contribution < 1.29 is 37.8 Å². The van der Waals surface area contributed by atoms with Gasteiger partial charge in [-0.1, -0.05) is 0 Å². The van der Waals surface area contributed by atoms with Crippen molar-refractivity contribution in [1.82, 2.24) is 19.5 Å². The standard InChI is InChI=1S/C11H17N5O8P2/c12-10-9-11(14-4-13-10)16(5-15-9)7-1-6(2-8(7)17)3-23-26(21,22)24-25(18,19)20/h4-8,17H,1-3H2,(H,21,22)(H2,12,13,14)(H2,18,19,20)/t6-,7+,8+/m0/s1. The second kappa shape index (κ2) is 6.95. The van der Waals surface area contributed by atoms with Gasteiger partial charge in [0.25, 0.3) is 0 Å². The van der Waals surface area contributed by atoms with Crippen molar-refractivity contribution in [3.63, 3.8) is 0 Å². The zero-order valence-electron chi connectivity index (χ0n) is 13.2. The molecule has 6 N–H and O–H groups in total. The van der Waals surface area contributed by atoms with Gasteiger partial charge in [-0.2, -0.15) is 4.31 Å². The number of hydrogen-bond acceptors (Lipinski definition) is 9. The van der Waals surface area contributed by atoms with Crippen molar-refractivity contribution in [3.8, 4) is 0 Å². The number of hydrogen-bond donors (Lipinski definition) is 5. The van der Waals surface area contributed by atoms with E-state index in [2.05, 4.69) is 23.8 Å². The van der Waals surface area contributed by atoms with E-state index in [0.29, 0.717) is 17.6 Å². The first kappa shape index (κ1) is 19.3. The highest BCUT2D eigenvalue weighted by Gasteiger charge is 2.38. The molecule has 2 aromatic heterocycles. The molecule has 1 aliphatic rings. The minimum atomic E-state index is -5.17. The number of nitrogens with zero attached hydrogens (tertiary/aromatic N) is 4. The lowest BCUT2D eigenvalue weighted by molar-refractivity contribution is 0.128. The van der Waals surface area contributed by atoms with Gasteiger partial charge in [0.05, 0.1) is 25.1 Å². The lowest BCUT2D eigenvalue weighted by atomic mass is 10.1. The van der Waals surface area contributed by atoms with Crippen molar-refractivity contribution in [2.24, 2.45) is 5.92 Å². The summed E-state index contributed by atoms with van der Waals surface area (Å²) in [6.45, 7) is -0.328. The maximum Gasteiger partial charge on any atom is 0.481 e. The van der Waals surface area contributed by atoms with Crippen LogP contribution in [0.5, 0.6) is 0 Å². The fourth-order valence-electron chi connectivity index (χ4n) is 3.00. The van der Waals surface area contributed by atoms with E-state index in [0.717, 1.165) is 0 Å². The number of phosphoric acid groups is 2. The maximum absolute atomic E-state index is 11.5. The highest BCUT2D eigenvalue weighted by atomic mass is 31.3. The molecule has 1 saturated carbocycles. The molecule has 0 saturated heterocycles. The number of aliphatic hydroxyl groups is 1. The molecule has 0 bridgehead atoms. The second-order valence-electron chi connectivity index (χ2n) is 5.89. The molecule has 13 nitrogen and oxygen atoms in total. The molecule has 2 aromatic rings. The quantitative estimate of drug-likeness (QED) is 0.398. The topological polar surface area (TPSA) is 203 Å². The van der Waals surface area contributed by atoms with E-state index >= 15 is 0 Å².